The molecule has 1 aliphatic carbocycles. The zero-order valence-electron chi connectivity index (χ0n) is 15.1. The van der Waals surface area contributed by atoms with Crippen molar-refractivity contribution >= 4 is 11.8 Å². The number of nitro groups is 1. The lowest BCUT2D eigenvalue weighted by Gasteiger charge is -2.30. The van der Waals surface area contributed by atoms with Crippen LogP contribution in [0.5, 0.6) is 0 Å². The van der Waals surface area contributed by atoms with Crippen LogP contribution in [0.4, 0.5) is 10.5 Å². The Morgan fingerprint density at radius 2 is 1.88 bits per heavy atom. The Morgan fingerprint density at radius 1 is 1.24 bits per heavy atom. The van der Waals surface area contributed by atoms with Gasteiger partial charge in [0, 0.05) is 30.8 Å². The SMILES string of the molecule is CC(C)(C)OC(=O)NC1CCC(NCc2cccc([N+](=O)[O-])c2)CC1. The van der Waals surface area contributed by atoms with Gasteiger partial charge in [0.25, 0.3) is 5.69 Å². The van der Waals surface area contributed by atoms with Gasteiger partial charge in [-0.3, -0.25) is 10.1 Å². The molecule has 0 atom stereocenters. The van der Waals surface area contributed by atoms with Gasteiger partial charge < -0.3 is 15.4 Å². The molecule has 0 heterocycles. The van der Waals surface area contributed by atoms with Crippen LogP contribution < -0.4 is 10.6 Å². The number of ether oxygens (including phenoxy) is 1. The van der Waals surface area contributed by atoms with Crippen molar-refractivity contribution < 1.29 is 14.5 Å². The van der Waals surface area contributed by atoms with Gasteiger partial charge in [0.2, 0.25) is 0 Å². The highest BCUT2D eigenvalue weighted by atomic mass is 16.6. The number of carbonyl (C=O) groups excluding carboxylic acids is 1. The van der Waals surface area contributed by atoms with Gasteiger partial charge in [0.1, 0.15) is 5.60 Å². The molecule has 138 valence electrons. The Morgan fingerprint density at radius 3 is 2.48 bits per heavy atom. The second-order valence-corrected chi connectivity index (χ2v) is 7.50. The molecule has 1 amide bonds. The first-order valence-corrected chi connectivity index (χ1v) is 8.69. The lowest BCUT2D eigenvalue weighted by molar-refractivity contribution is -0.384. The normalized spacial score (nSPS) is 20.8. The monoisotopic (exact) mass is 349 g/mol. The largest absolute Gasteiger partial charge is 0.444 e. The minimum absolute atomic E-state index is 0.115. The van der Waals surface area contributed by atoms with E-state index in [1.165, 1.54) is 6.07 Å². The van der Waals surface area contributed by atoms with E-state index in [0.29, 0.717) is 12.6 Å². The number of hydrogen-bond donors (Lipinski definition) is 2. The smallest absolute Gasteiger partial charge is 0.407 e. The molecule has 0 aliphatic heterocycles. The topological polar surface area (TPSA) is 93.5 Å². The van der Waals surface area contributed by atoms with Crippen molar-refractivity contribution in [3.8, 4) is 0 Å². The number of nitro benzene ring substituents is 1. The van der Waals surface area contributed by atoms with Crippen LogP contribution in [-0.4, -0.2) is 28.7 Å². The van der Waals surface area contributed by atoms with E-state index in [1.54, 1.807) is 12.1 Å². The minimum Gasteiger partial charge on any atom is -0.444 e. The van der Waals surface area contributed by atoms with Gasteiger partial charge in [-0.05, 0) is 52.0 Å². The van der Waals surface area contributed by atoms with E-state index in [9.17, 15) is 14.9 Å². The summed E-state index contributed by atoms with van der Waals surface area (Å²) in [6.45, 7) is 6.15. The van der Waals surface area contributed by atoms with Gasteiger partial charge >= 0.3 is 6.09 Å². The van der Waals surface area contributed by atoms with Gasteiger partial charge in [-0.2, -0.15) is 0 Å². The molecule has 1 aliphatic rings. The van der Waals surface area contributed by atoms with Gasteiger partial charge in [-0.25, -0.2) is 4.79 Å². The summed E-state index contributed by atoms with van der Waals surface area (Å²) in [5, 5.41) is 17.2. The van der Waals surface area contributed by atoms with Crippen LogP contribution in [0, 0.1) is 10.1 Å². The minimum atomic E-state index is -0.485. The number of non-ortho nitro benzene ring substituents is 1. The molecule has 2 rings (SSSR count). The van der Waals surface area contributed by atoms with Crippen molar-refractivity contribution in [1.29, 1.82) is 0 Å². The maximum Gasteiger partial charge on any atom is 0.407 e. The van der Waals surface area contributed by atoms with Crippen LogP contribution in [0.2, 0.25) is 0 Å². The van der Waals surface area contributed by atoms with Crippen LogP contribution in [0.15, 0.2) is 24.3 Å². The van der Waals surface area contributed by atoms with E-state index in [1.807, 2.05) is 26.8 Å². The van der Waals surface area contributed by atoms with Crippen molar-refractivity contribution in [2.45, 2.75) is 70.7 Å². The van der Waals surface area contributed by atoms with E-state index in [2.05, 4.69) is 10.6 Å². The molecule has 0 saturated heterocycles. The molecule has 0 unspecified atom stereocenters. The van der Waals surface area contributed by atoms with E-state index in [0.717, 1.165) is 31.2 Å². The summed E-state index contributed by atoms with van der Waals surface area (Å²) in [5.41, 5.74) is 0.536. The standard InChI is InChI=1S/C18H27N3O4/c1-18(2,3)25-17(22)20-15-9-7-14(8-10-15)19-12-13-5-4-6-16(11-13)21(23)24/h4-6,11,14-15,19H,7-10,12H2,1-3H3,(H,20,22). The highest BCUT2D eigenvalue weighted by Gasteiger charge is 2.24. The van der Waals surface area contributed by atoms with Crippen LogP contribution >= 0.6 is 0 Å². The van der Waals surface area contributed by atoms with E-state index < -0.39 is 5.60 Å². The average Bonchev–Trinajstić information content (AvgIpc) is 2.52. The van der Waals surface area contributed by atoms with Crippen molar-refractivity contribution in [2.75, 3.05) is 0 Å². The first-order chi connectivity index (χ1) is 11.7. The molecule has 0 bridgehead atoms. The lowest BCUT2D eigenvalue weighted by Crippen LogP contribution is -2.43. The average molecular weight is 349 g/mol. The van der Waals surface area contributed by atoms with Crippen LogP contribution in [0.25, 0.3) is 0 Å². The predicted octanol–water partition coefficient (Wildman–Crippen LogP) is 3.52. The fourth-order valence-electron chi connectivity index (χ4n) is 2.96. The van der Waals surface area contributed by atoms with Gasteiger partial charge in [0.05, 0.1) is 4.92 Å². The molecule has 7 nitrogen and oxygen atoms in total. The lowest BCUT2D eigenvalue weighted by atomic mass is 9.91. The molecule has 1 aromatic rings. The van der Waals surface area contributed by atoms with Gasteiger partial charge in [-0.15, -0.1) is 0 Å². The van der Waals surface area contributed by atoms with Crippen molar-refractivity contribution in [3.05, 3.63) is 39.9 Å². The molecule has 0 radical (unpaired) electrons. The zero-order valence-corrected chi connectivity index (χ0v) is 15.1. The Bertz CT molecular complexity index is 605. The van der Waals surface area contributed by atoms with Crippen LogP contribution in [-0.2, 0) is 11.3 Å². The number of benzene rings is 1. The number of nitrogens with one attached hydrogen (secondary N) is 2. The first kappa shape index (κ1) is 19.2. The maximum absolute atomic E-state index is 11.8. The summed E-state index contributed by atoms with van der Waals surface area (Å²) >= 11 is 0. The third-order valence-corrected chi connectivity index (χ3v) is 4.16. The summed E-state index contributed by atoms with van der Waals surface area (Å²) in [7, 11) is 0. The maximum atomic E-state index is 11.8. The molecule has 2 N–H and O–H groups in total. The number of rotatable bonds is 5. The first-order valence-electron chi connectivity index (χ1n) is 8.69. The zero-order chi connectivity index (χ0) is 18.4. The Hall–Kier alpha value is -2.15. The van der Waals surface area contributed by atoms with Crippen molar-refractivity contribution in [3.63, 3.8) is 0 Å². The van der Waals surface area contributed by atoms with Crippen LogP contribution in [0.1, 0.15) is 52.0 Å². The van der Waals surface area contributed by atoms with E-state index >= 15 is 0 Å². The predicted molar refractivity (Wildman–Crippen MR) is 95.3 cm³/mol. The molecule has 0 aromatic heterocycles. The summed E-state index contributed by atoms with van der Waals surface area (Å²) in [6.07, 6.45) is 3.34. The summed E-state index contributed by atoms with van der Waals surface area (Å²) < 4.78 is 5.28. The molecule has 1 saturated carbocycles. The third-order valence-electron chi connectivity index (χ3n) is 4.16. The van der Waals surface area contributed by atoms with Gasteiger partial charge in [0.15, 0.2) is 0 Å². The fraction of sp³-hybridized carbons (Fsp3) is 0.611. The Balaban J connectivity index is 1.73. The summed E-state index contributed by atoms with van der Waals surface area (Å²) in [6, 6.07) is 7.19. The highest BCUT2D eigenvalue weighted by molar-refractivity contribution is 5.68. The Labute approximate surface area is 148 Å². The number of hydrogen-bond acceptors (Lipinski definition) is 5. The van der Waals surface area contributed by atoms with Crippen LogP contribution in [0.3, 0.4) is 0 Å². The quantitative estimate of drug-likeness (QED) is 0.626. The molecule has 1 fully saturated rings. The molecular weight excluding hydrogens is 322 g/mol. The number of carbonyl (C=O) groups is 1. The summed E-state index contributed by atoms with van der Waals surface area (Å²) in [5.74, 6) is 0. The molecule has 25 heavy (non-hydrogen) atoms. The van der Waals surface area contributed by atoms with Crippen molar-refractivity contribution in [2.24, 2.45) is 0 Å². The van der Waals surface area contributed by atoms with Gasteiger partial charge in [-0.1, -0.05) is 12.1 Å². The number of alkyl carbamates (subject to hydrolysis) is 1. The third kappa shape index (κ3) is 6.70. The molecular formula is C18H27N3O4. The van der Waals surface area contributed by atoms with Crippen molar-refractivity contribution in [1.82, 2.24) is 10.6 Å². The van der Waals surface area contributed by atoms with E-state index in [-0.39, 0.29) is 22.7 Å². The highest BCUT2D eigenvalue weighted by Crippen LogP contribution is 2.20. The summed E-state index contributed by atoms with van der Waals surface area (Å²) in [4.78, 5) is 22.2. The Kier molecular flexibility index (Phi) is 6.36. The fourth-order valence-corrected chi connectivity index (χ4v) is 2.96. The number of nitrogens with zero attached hydrogens (tertiary/aromatic N) is 1. The molecule has 1 aromatic carbocycles. The molecule has 0 spiro atoms. The second-order valence-electron chi connectivity index (χ2n) is 7.50. The van der Waals surface area contributed by atoms with E-state index in [4.69, 9.17) is 4.74 Å². The molecule has 7 heteroatoms. The number of amides is 1. The second kappa shape index (κ2) is 8.29.